The Kier molecular flexibility index (Phi) is 5.16. The van der Waals surface area contributed by atoms with Gasteiger partial charge in [-0.25, -0.2) is 0 Å². The molecule has 0 bridgehead atoms. The molecule has 7 heteroatoms. The van der Waals surface area contributed by atoms with E-state index in [4.69, 9.17) is 11.6 Å². The topological polar surface area (TPSA) is 54.3 Å². The van der Waals surface area contributed by atoms with Gasteiger partial charge in [0.05, 0.1) is 22.1 Å². The Morgan fingerprint density at radius 1 is 1.21 bits per heavy atom. The van der Waals surface area contributed by atoms with Crippen LogP contribution in [0.1, 0.15) is 17.1 Å². The first-order chi connectivity index (χ1) is 11.5. The summed E-state index contributed by atoms with van der Waals surface area (Å²) in [5.74, 6) is 0.0924. The van der Waals surface area contributed by atoms with E-state index in [1.165, 1.54) is 0 Å². The molecule has 3 heterocycles. The highest BCUT2D eigenvalue weighted by Gasteiger charge is 2.22. The molecule has 0 aliphatic carbocycles. The first kappa shape index (κ1) is 16.9. The third-order valence-electron chi connectivity index (χ3n) is 4.41. The number of rotatable bonds is 4. The van der Waals surface area contributed by atoms with E-state index < -0.39 is 0 Å². The Morgan fingerprint density at radius 2 is 1.96 bits per heavy atom. The largest absolute Gasteiger partial charge is 0.339 e. The Bertz CT molecular complexity index is 707. The van der Waals surface area contributed by atoms with E-state index in [2.05, 4.69) is 15.0 Å². The summed E-state index contributed by atoms with van der Waals surface area (Å²) >= 11 is 6.14. The van der Waals surface area contributed by atoms with Crippen molar-refractivity contribution >= 4 is 17.5 Å². The van der Waals surface area contributed by atoms with Gasteiger partial charge in [0.2, 0.25) is 5.91 Å². The van der Waals surface area contributed by atoms with Gasteiger partial charge < -0.3 is 4.90 Å². The maximum absolute atomic E-state index is 12.5. The van der Waals surface area contributed by atoms with Crippen LogP contribution in [0.15, 0.2) is 24.4 Å². The van der Waals surface area contributed by atoms with Crippen molar-refractivity contribution in [1.29, 1.82) is 0 Å². The monoisotopic (exact) mass is 347 g/mol. The van der Waals surface area contributed by atoms with E-state index in [0.717, 1.165) is 49.8 Å². The number of hydrogen-bond acceptors (Lipinski definition) is 4. The number of halogens is 1. The van der Waals surface area contributed by atoms with E-state index in [-0.39, 0.29) is 12.5 Å². The molecule has 1 aliphatic rings. The van der Waals surface area contributed by atoms with Crippen LogP contribution in [-0.2, 0) is 17.9 Å². The Morgan fingerprint density at radius 3 is 2.54 bits per heavy atom. The molecule has 0 N–H and O–H groups in total. The van der Waals surface area contributed by atoms with Crippen molar-refractivity contribution in [3.63, 3.8) is 0 Å². The van der Waals surface area contributed by atoms with E-state index in [1.54, 1.807) is 4.68 Å². The summed E-state index contributed by atoms with van der Waals surface area (Å²) in [6.07, 6.45) is 1.81. The number of aryl methyl sites for hydroxylation is 1. The predicted octanol–water partition coefficient (Wildman–Crippen LogP) is 1.89. The lowest BCUT2D eigenvalue weighted by molar-refractivity contribution is -0.133. The Balaban J connectivity index is 1.52. The van der Waals surface area contributed by atoms with Gasteiger partial charge in [0.25, 0.3) is 0 Å². The minimum atomic E-state index is 0.0924. The van der Waals surface area contributed by atoms with Crippen molar-refractivity contribution in [3.05, 3.63) is 46.5 Å². The average Bonchev–Trinajstić information content (AvgIpc) is 2.83. The molecule has 1 saturated heterocycles. The zero-order valence-electron chi connectivity index (χ0n) is 14.1. The molecule has 1 amide bonds. The zero-order chi connectivity index (χ0) is 17.1. The van der Waals surface area contributed by atoms with E-state index in [1.807, 2.05) is 43.1 Å². The number of nitrogens with zero attached hydrogens (tertiary/aromatic N) is 5. The van der Waals surface area contributed by atoms with E-state index in [0.29, 0.717) is 5.02 Å². The van der Waals surface area contributed by atoms with Gasteiger partial charge in [-0.2, -0.15) is 5.10 Å². The SMILES string of the molecule is Cc1nn(CC(=O)N2CCN(Cc3ccccn3)CC2)c(C)c1Cl. The summed E-state index contributed by atoms with van der Waals surface area (Å²) in [5, 5.41) is 4.98. The first-order valence-corrected chi connectivity index (χ1v) is 8.52. The molecular formula is C17H22ClN5O. The summed E-state index contributed by atoms with van der Waals surface area (Å²) in [6, 6.07) is 5.96. The second-order valence-electron chi connectivity index (χ2n) is 6.12. The molecule has 6 nitrogen and oxygen atoms in total. The van der Waals surface area contributed by atoms with Gasteiger partial charge in [-0.3, -0.25) is 19.4 Å². The molecule has 0 radical (unpaired) electrons. The van der Waals surface area contributed by atoms with Gasteiger partial charge >= 0.3 is 0 Å². The fourth-order valence-corrected chi connectivity index (χ4v) is 3.07. The number of amides is 1. The molecule has 128 valence electrons. The van der Waals surface area contributed by atoms with Gasteiger partial charge in [0.1, 0.15) is 6.54 Å². The second kappa shape index (κ2) is 7.32. The molecule has 2 aromatic heterocycles. The number of carbonyl (C=O) groups excluding carboxylic acids is 1. The maximum atomic E-state index is 12.5. The highest BCUT2D eigenvalue weighted by Crippen LogP contribution is 2.19. The standard InChI is InChI=1S/C17H22ClN5O/c1-13-17(18)14(2)23(20-13)12-16(24)22-9-7-21(8-10-22)11-15-5-3-4-6-19-15/h3-6H,7-12H2,1-2H3. The molecular weight excluding hydrogens is 326 g/mol. The van der Waals surface area contributed by atoms with Crippen molar-refractivity contribution in [2.24, 2.45) is 0 Å². The van der Waals surface area contributed by atoms with Crippen LogP contribution in [0, 0.1) is 13.8 Å². The van der Waals surface area contributed by atoms with Gasteiger partial charge in [-0.05, 0) is 26.0 Å². The molecule has 0 atom stereocenters. The van der Waals surface area contributed by atoms with Gasteiger partial charge in [-0.1, -0.05) is 17.7 Å². The van der Waals surface area contributed by atoms with Crippen LogP contribution in [0.25, 0.3) is 0 Å². The molecule has 0 spiro atoms. The maximum Gasteiger partial charge on any atom is 0.244 e. The molecule has 0 unspecified atom stereocenters. The molecule has 0 saturated carbocycles. The highest BCUT2D eigenvalue weighted by atomic mass is 35.5. The summed E-state index contributed by atoms with van der Waals surface area (Å²) in [7, 11) is 0. The van der Waals surface area contributed by atoms with Crippen molar-refractivity contribution in [2.45, 2.75) is 26.9 Å². The number of piperazine rings is 1. The third kappa shape index (κ3) is 3.76. The molecule has 1 fully saturated rings. The lowest BCUT2D eigenvalue weighted by Gasteiger charge is -2.34. The molecule has 1 aliphatic heterocycles. The molecule has 3 rings (SSSR count). The van der Waals surface area contributed by atoms with Crippen LogP contribution >= 0.6 is 11.6 Å². The van der Waals surface area contributed by atoms with Crippen molar-refractivity contribution in [2.75, 3.05) is 26.2 Å². The normalized spacial score (nSPS) is 15.7. The molecule has 24 heavy (non-hydrogen) atoms. The third-order valence-corrected chi connectivity index (χ3v) is 4.96. The minimum absolute atomic E-state index is 0.0924. The van der Waals surface area contributed by atoms with Crippen LogP contribution in [0.5, 0.6) is 0 Å². The quantitative estimate of drug-likeness (QED) is 0.847. The molecule has 2 aromatic rings. The Hall–Kier alpha value is -1.92. The highest BCUT2D eigenvalue weighted by molar-refractivity contribution is 6.31. The Labute approximate surface area is 147 Å². The van der Waals surface area contributed by atoms with Crippen LogP contribution in [0.3, 0.4) is 0 Å². The van der Waals surface area contributed by atoms with Gasteiger partial charge in [0, 0.05) is 38.9 Å². The number of carbonyl (C=O) groups is 1. The predicted molar refractivity (Wildman–Crippen MR) is 92.8 cm³/mol. The number of aromatic nitrogens is 3. The zero-order valence-corrected chi connectivity index (χ0v) is 14.8. The van der Waals surface area contributed by atoms with E-state index >= 15 is 0 Å². The summed E-state index contributed by atoms with van der Waals surface area (Å²) in [6.45, 7) is 8.01. The van der Waals surface area contributed by atoms with Crippen molar-refractivity contribution in [1.82, 2.24) is 24.6 Å². The van der Waals surface area contributed by atoms with Gasteiger partial charge in [-0.15, -0.1) is 0 Å². The summed E-state index contributed by atoms with van der Waals surface area (Å²) in [5.41, 5.74) is 2.67. The number of hydrogen-bond donors (Lipinski definition) is 0. The van der Waals surface area contributed by atoms with Crippen LogP contribution < -0.4 is 0 Å². The lowest BCUT2D eigenvalue weighted by Crippen LogP contribution is -2.49. The minimum Gasteiger partial charge on any atom is -0.339 e. The average molecular weight is 348 g/mol. The second-order valence-corrected chi connectivity index (χ2v) is 6.50. The van der Waals surface area contributed by atoms with Crippen LogP contribution in [0.2, 0.25) is 5.02 Å². The smallest absolute Gasteiger partial charge is 0.244 e. The van der Waals surface area contributed by atoms with Crippen molar-refractivity contribution < 1.29 is 4.79 Å². The van der Waals surface area contributed by atoms with Gasteiger partial charge in [0.15, 0.2) is 0 Å². The fourth-order valence-electron chi connectivity index (χ4n) is 2.93. The van der Waals surface area contributed by atoms with Crippen LogP contribution in [0.4, 0.5) is 0 Å². The summed E-state index contributed by atoms with van der Waals surface area (Å²) in [4.78, 5) is 21.1. The van der Waals surface area contributed by atoms with Crippen molar-refractivity contribution in [3.8, 4) is 0 Å². The molecule has 0 aromatic carbocycles. The van der Waals surface area contributed by atoms with E-state index in [9.17, 15) is 4.79 Å². The fraction of sp³-hybridized carbons (Fsp3) is 0.471. The number of pyridine rings is 1. The lowest BCUT2D eigenvalue weighted by atomic mass is 10.2. The summed E-state index contributed by atoms with van der Waals surface area (Å²) < 4.78 is 1.69. The van der Waals surface area contributed by atoms with Crippen LogP contribution in [-0.4, -0.2) is 56.7 Å². The first-order valence-electron chi connectivity index (χ1n) is 8.14.